The zero-order valence-corrected chi connectivity index (χ0v) is 42.6. The fourth-order valence-corrected chi connectivity index (χ4v) is 7.66. The highest BCUT2D eigenvalue weighted by molar-refractivity contribution is 8.03. The predicted octanol–water partition coefficient (Wildman–Crippen LogP) is 0.944. The Hall–Kier alpha value is -8.78. The molecule has 0 aliphatic carbocycles. The number of carbonyl (C=O) groups is 6. The maximum Gasteiger partial charge on any atom is 0.283 e. The molecule has 0 saturated carbocycles. The molecule has 0 saturated heterocycles. The molecule has 0 bridgehead atoms. The first-order chi connectivity index (χ1) is 36.4. The molecule has 3 heterocycles. The topological polar surface area (TPSA) is 352 Å². The van der Waals surface area contributed by atoms with Crippen molar-refractivity contribution in [3.05, 3.63) is 151 Å². The van der Waals surface area contributed by atoms with E-state index in [2.05, 4.69) is 33.2 Å². The molecule has 4 rings (SSSR count). The van der Waals surface area contributed by atoms with Crippen molar-refractivity contribution < 1.29 is 54.3 Å². The number of pyridine rings is 3. The van der Waals surface area contributed by atoms with Gasteiger partial charge in [0.2, 0.25) is 5.91 Å². The third kappa shape index (κ3) is 17.4. The summed E-state index contributed by atoms with van der Waals surface area (Å²) in [6.07, 6.45) is 1.60. The molecule has 0 spiro atoms. The zero-order valence-electron chi connectivity index (χ0n) is 41.0. The van der Waals surface area contributed by atoms with E-state index in [1.54, 1.807) is 24.3 Å². The van der Waals surface area contributed by atoms with Gasteiger partial charge in [-0.1, -0.05) is 30.9 Å². The van der Waals surface area contributed by atoms with Crippen LogP contribution in [-0.4, -0.2) is 156 Å². The van der Waals surface area contributed by atoms with E-state index >= 15 is 0 Å². The summed E-state index contributed by atoms with van der Waals surface area (Å²) in [5.41, 5.74) is -3.84. The minimum Gasteiger partial charge on any atom is -0.425 e. The quantitative estimate of drug-likeness (QED) is 0.00559. The number of anilines is 1. The van der Waals surface area contributed by atoms with Crippen LogP contribution < -0.4 is 43.3 Å². The van der Waals surface area contributed by atoms with Gasteiger partial charge in [0.25, 0.3) is 46.2 Å². The van der Waals surface area contributed by atoms with E-state index in [4.69, 9.17) is 22.2 Å². The minimum absolute atomic E-state index is 0.0317. The fourth-order valence-electron chi connectivity index (χ4n) is 7.06. The number of benzene rings is 1. The number of thioether (sulfide) groups is 1. The van der Waals surface area contributed by atoms with Crippen LogP contribution in [0.1, 0.15) is 64.1 Å². The van der Waals surface area contributed by atoms with Gasteiger partial charge < -0.3 is 56.7 Å². The average molecular weight is 1090 g/mol. The second kappa shape index (κ2) is 30.4. The predicted molar refractivity (Wildman–Crippen MR) is 277 cm³/mol. The summed E-state index contributed by atoms with van der Waals surface area (Å²) in [5.74, 6) is -5.30. The molecule has 26 nitrogen and oxygen atoms in total. The first-order valence-electron chi connectivity index (χ1n) is 23.2. The number of nitriles is 1. The smallest absolute Gasteiger partial charge is 0.283 e. The molecule has 0 radical (unpaired) electrons. The van der Waals surface area contributed by atoms with Crippen molar-refractivity contribution in [1.29, 1.82) is 5.26 Å². The molecule has 1 aromatic carbocycles. The summed E-state index contributed by atoms with van der Waals surface area (Å²) < 4.78 is 6.10. The lowest BCUT2D eigenvalue weighted by Gasteiger charge is -2.32. The molecule has 6 amide bonds. The maximum atomic E-state index is 14.4. The molecule has 0 aliphatic heterocycles. The molecule has 0 fully saturated rings. The van der Waals surface area contributed by atoms with Crippen LogP contribution in [0.15, 0.2) is 123 Å². The van der Waals surface area contributed by atoms with Gasteiger partial charge in [-0.3, -0.25) is 48.4 Å². The summed E-state index contributed by atoms with van der Waals surface area (Å²) in [6.45, 7) is 3.95. The lowest BCUT2D eigenvalue weighted by Crippen LogP contribution is -2.52. The second-order valence-corrected chi connectivity index (χ2v) is 17.1. The largest absolute Gasteiger partial charge is 0.425 e. The van der Waals surface area contributed by atoms with Gasteiger partial charge in [-0.25, -0.2) is 0 Å². The first-order valence-corrected chi connectivity index (χ1v) is 24.4. The Morgan fingerprint density at radius 3 is 1.87 bits per heavy atom. The zero-order chi connectivity index (χ0) is 55.7. The van der Waals surface area contributed by atoms with Crippen LogP contribution >= 0.6 is 24.0 Å². The fraction of sp³-hybridized carbons (Fsp3) is 0.312. The summed E-state index contributed by atoms with van der Waals surface area (Å²) in [7, 11) is 0. The monoisotopic (exact) mass is 1090 g/mol. The molecule has 0 aliphatic rings. The van der Waals surface area contributed by atoms with Crippen LogP contribution in [0, 0.1) is 10.7 Å². The molecule has 404 valence electrons. The number of ether oxygens (including phenoxy) is 1. The van der Waals surface area contributed by atoms with E-state index in [0.717, 1.165) is 58.0 Å². The number of amides is 6. The molecule has 1 unspecified atom stereocenters. The number of hydrogen-bond donors (Lipinski definition) is 9. The molecule has 76 heavy (non-hydrogen) atoms. The van der Waals surface area contributed by atoms with Crippen LogP contribution in [0.25, 0.3) is 0 Å². The number of rotatable bonds is 28. The van der Waals surface area contributed by atoms with Gasteiger partial charge in [0.05, 0.1) is 13.2 Å². The van der Waals surface area contributed by atoms with Gasteiger partial charge in [-0.05, 0) is 105 Å². The third-order valence-corrected chi connectivity index (χ3v) is 11.7. The number of hydrogen-bond acceptors (Lipinski definition) is 17. The van der Waals surface area contributed by atoms with Crippen LogP contribution in [0.3, 0.4) is 0 Å². The van der Waals surface area contributed by atoms with Gasteiger partial charge in [-0.15, -0.1) is 14.2 Å². The van der Waals surface area contributed by atoms with E-state index in [0.29, 0.717) is 10.8 Å². The van der Waals surface area contributed by atoms with Crippen LogP contribution in [-0.2, 0) is 19.1 Å². The van der Waals surface area contributed by atoms with E-state index in [1.807, 2.05) is 5.40 Å². The van der Waals surface area contributed by atoms with Gasteiger partial charge in [-0.2, -0.15) is 10.3 Å². The van der Waals surface area contributed by atoms with E-state index in [1.165, 1.54) is 42.2 Å². The number of nitrogens with one attached hydrogen (secondary N) is 5. The Kier molecular flexibility index (Phi) is 23.9. The normalized spacial score (nSPS) is 11.2. The number of allylic oxidation sites excluding steroid dienone is 1. The number of thiocarbonyl (C=S) groups is 1. The summed E-state index contributed by atoms with van der Waals surface area (Å²) in [6, 6.07) is 15.9. The molecule has 9 N–H and O–H groups in total. The lowest BCUT2D eigenvalue weighted by atomic mass is 10.1. The molecular weight excluding hydrogens is 1030 g/mol. The van der Waals surface area contributed by atoms with Crippen molar-refractivity contribution in [1.82, 2.24) is 50.3 Å². The summed E-state index contributed by atoms with van der Waals surface area (Å²) >= 11 is 6.36. The van der Waals surface area contributed by atoms with E-state index in [9.17, 15) is 64.0 Å². The Bertz CT molecular complexity index is 2990. The van der Waals surface area contributed by atoms with Crippen LogP contribution in [0.5, 0.6) is 0 Å². The Morgan fingerprint density at radius 2 is 1.28 bits per heavy atom. The molecular formula is C48H56N12O14S2. The lowest BCUT2D eigenvalue weighted by molar-refractivity contribution is -0.154. The number of aromatic nitrogens is 3. The Balaban J connectivity index is 1.55. The first kappa shape index (κ1) is 59.8. The van der Waals surface area contributed by atoms with Crippen molar-refractivity contribution in [2.45, 2.75) is 43.5 Å². The van der Waals surface area contributed by atoms with Gasteiger partial charge in [0, 0.05) is 74.6 Å². The van der Waals surface area contributed by atoms with Crippen molar-refractivity contribution in [3.8, 4) is 5.40 Å². The third-order valence-electron chi connectivity index (χ3n) is 10.8. The van der Waals surface area contributed by atoms with E-state index in [-0.39, 0.29) is 110 Å². The maximum absolute atomic E-state index is 14.4. The number of thiocyanates is 1. The number of nitrogens with zero attached hydrogens (tertiary/aromatic N) is 7. The number of carbonyl (C=O) groups excluding carboxylic acids is 6. The van der Waals surface area contributed by atoms with E-state index < -0.39 is 75.2 Å². The SMILES string of the molecule is C=CC(=O)N(O)/C(=C\C)C(=O)NCCCN(C(=O)c1cccc(=O)n1O)C(CCCN(CCCNC(=O)c1cccc(=O)n1O)C(=O)c1cccc(=O)n1O)C(=O)NCCOCCNC(=S)Nc1ccc(SC#N)cc1. The Labute approximate surface area is 443 Å². The van der Waals surface area contributed by atoms with Crippen LogP contribution in [0.4, 0.5) is 5.69 Å². The highest BCUT2D eigenvalue weighted by Crippen LogP contribution is 2.19. The number of hydroxylamine groups is 2. The summed E-state index contributed by atoms with van der Waals surface area (Å²) in [5, 5.41) is 66.4. The van der Waals surface area contributed by atoms with Crippen molar-refractivity contribution in [2.75, 3.05) is 64.3 Å². The van der Waals surface area contributed by atoms with Crippen molar-refractivity contribution >= 4 is 70.2 Å². The van der Waals surface area contributed by atoms with Crippen molar-refractivity contribution in [2.24, 2.45) is 0 Å². The van der Waals surface area contributed by atoms with Gasteiger partial charge >= 0.3 is 0 Å². The minimum atomic E-state index is -1.44. The van der Waals surface area contributed by atoms with Crippen molar-refractivity contribution in [3.63, 3.8) is 0 Å². The van der Waals surface area contributed by atoms with Gasteiger partial charge in [0.15, 0.2) is 5.11 Å². The van der Waals surface area contributed by atoms with Gasteiger partial charge in [0.1, 0.15) is 34.2 Å². The highest BCUT2D eigenvalue weighted by atomic mass is 32.2. The van der Waals surface area contributed by atoms with Crippen LogP contribution in [0.2, 0.25) is 0 Å². The molecule has 3 aromatic heterocycles. The standard InChI is InChI=1S/C48H56N12O14S2/c1-3-34(57(70)39(61)4-2)43(65)50-23-10-28-56(47(69)38-13-7-17-42(64)60(38)73)35(44(66)52-24-29-74-30-25-53-48(75)54-32-18-20-33(21-19-32)76-31-49)14-8-26-55(46(68)37-12-6-16-41(63)59(37)72)27-9-22-51-45(67)36-11-5-15-40(62)58(36)71/h3-7,11-13,15-21,35,70-73H,2,8-10,14,22-30H2,1H3,(H,50,65)(H,51,67)(H,52,66)(H2,53,54,75)/b34-3-. The molecule has 1 atom stereocenters. The second-order valence-electron chi connectivity index (χ2n) is 15.9. The highest BCUT2D eigenvalue weighted by Gasteiger charge is 2.32. The molecule has 28 heteroatoms. The Morgan fingerprint density at radius 1 is 0.737 bits per heavy atom. The average Bonchev–Trinajstić information content (AvgIpc) is 3.40. The summed E-state index contributed by atoms with van der Waals surface area (Å²) in [4.78, 5) is 120. The molecule has 4 aromatic rings.